The third kappa shape index (κ3) is 2.06. The summed E-state index contributed by atoms with van der Waals surface area (Å²) in [5.41, 5.74) is 1.76. The first-order valence-electron chi connectivity index (χ1n) is 4.32. The fourth-order valence-electron chi connectivity index (χ4n) is 1.32. The third-order valence-corrected chi connectivity index (χ3v) is 2.59. The maximum absolute atomic E-state index is 6.10. The lowest BCUT2D eigenvalue weighted by Crippen LogP contribution is -1.84. The van der Waals surface area contributed by atoms with Gasteiger partial charge in [-0.3, -0.25) is 0 Å². The van der Waals surface area contributed by atoms with Gasteiger partial charge in [0.15, 0.2) is 4.77 Å². The molecule has 2 N–H and O–H groups in total. The van der Waals surface area contributed by atoms with Crippen molar-refractivity contribution in [2.45, 2.75) is 0 Å². The van der Waals surface area contributed by atoms with Gasteiger partial charge in [0, 0.05) is 11.8 Å². The Morgan fingerprint density at radius 2 is 2.20 bits per heavy atom. The maximum atomic E-state index is 6.10. The molecule has 15 heavy (non-hydrogen) atoms. The number of nitrogens with one attached hydrogen (secondary N) is 2. The van der Waals surface area contributed by atoms with Gasteiger partial charge in [-0.25, -0.2) is 0 Å². The number of benzene rings is 1. The molecule has 0 saturated heterocycles. The van der Waals surface area contributed by atoms with E-state index in [9.17, 15) is 0 Å². The number of rotatable bonds is 2. The van der Waals surface area contributed by atoms with Crippen LogP contribution in [0.5, 0.6) is 5.75 Å². The molecule has 0 unspecified atom stereocenters. The summed E-state index contributed by atoms with van der Waals surface area (Å²) < 4.78 is 5.65. The number of hydrogen-bond donors (Lipinski definition) is 2. The number of aromatic nitrogens is 2. The van der Waals surface area contributed by atoms with Crippen molar-refractivity contribution >= 4 is 23.8 Å². The summed E-state index contributed by atoms with van der Waals surface area (Å²) in [6, 6.07) is 5.50. The van der Waals surface area contributed by atoms with Gasteiger partial charge in [0.2, 0.25) is 0 Å². The average Bonchev–Trinajstić information content (AvgIpc) is 2.64. The molecule has 0 fully saturated rings. The molecular weight excluding hydrogens is 232 g/mol. The molecule has 2 aromatic rings. The van der Waals surface area contributed by atoms with E-state index in [1.54, 1.807) is 19.4 Å². The number of hydrogen-bond acceptors (Lipinski definition) is 2. The van der Waals surface area contributed by atoms with Crippen LogP contribution < -0.4 is 4.74 Å². The Hall–Kier alpha value is -1.26. The lowest BCUT2D eigenvalue weighted by Gasteiger charge is -2.04. The summed E-state index contributed by atoms with van der Waals surface area (Å²) in [7, 11) is 1.61. The van der Waals surface area contributed by atoms with E-state index < -0.39 is 0 Å². The number of H-pyrrole nitrogens is 2. The highest BCUT2D eigenvalue weighted by Gasteiger charge is 2.05. The van der Waals surface area contributed by atoms with Crippen molar-refractivity contribution in [3.8, 4) is 17.0 Å². The van der Waals surface area contributed by atoms with Crippen LogP contribution in [0.3, 0.4) is 0 Å². The molecule has 0 atom stereocenters. The molecule has 1 heterocycles. The van der Waals surface area contributed by atoms with Gasteiger partial charge in [-0.1, -0.05) is 11.6 Å². The number of imidazole rings is 1. The summed E-state index contributed by atoms with van der Waals surface area (Å²) in [6.07, 6.45) is 1.79. The Bertz CT molecular complexity index is 532. The molecule has 0 bridgehead atoms. The summed E-state index contributed by atoms with van der Waals surface area (Å²) in [4.78, 5) is 5.90. The van der Waals surface area contributed by atoms with Crippen LogP contribution in [0.2, 0.25) is 5.02 Å². The highest BCUT2D eigenvalue weighted by molar-refractivity contribution is 7.71. The van der Waals surface area contributed by atoms with Gasteiger partial charge in [-0.2, -0.15) is 0 Å². The van der Waals surface area contributed by atoms with Gasteiger partial charge in [0.05, 0.1) is 17.8 Å². The minimum Gasteiger partial charge on any atom is -0.497 e. The molecule has 78 valence electrons. The quantitative estimate of drug-likeness (QED) is 0.790. The molecule has 5 heteroatoms. The fraction of sp³-hybridized carbons (Fsp3) is 0.100. The van der Waals surface area contributed by atoms with Crippen LogP contribution in [0, 0.1) is 4.77 Å². The van der Waals surface area contributed by atoms with Gasteiger partial charge in [0.25, 0.3) is 0 Å². The molecule has 0 spiro atoms. The molecule has 0 radical (unpaired) electrons. The number of aromatic amines is 2. The number of methoxy groups -OCH3 is 1. The zero-order chi connectivity index (χ0) is 10.8. The highest BCUT2D eigenvalue weighted by Crippen LogP contribution is 2.29. The molecule has 0 aliphatic carbocycles. The first-order valence-corrected chi connectivity index (χ1v) is 5.11. The first-order chi connectivity index (χ1) is 7.20. The van der Waals surface area contributed by atoms with Gasteiger partial charge in [-0.05, 0) is 30.4 Å². The van der Waals surface area contributed by atoms with E-state index in [-0.39, 0.29) is 0 Å². The first kappa shape index (κ1) is 10.3. The second-order valence-corrected chi connectivity index (χ2v) is 3.82. The summed E-state index contributed by atoms with van der Waals surface area (Å²) in [5, 5.41) is 0.625. The summed E-state index contributed by atoms with van der Waals surface area (Å²) in [6.45, 7) is 0. The van der Waals surface area contributed by atoms with E-state index in [1.165, 1.54) is 0 Å². The van der Waals surface area contributed by atoms with Crippen LogP contribution in [-0.2, 0) is 0 Å². The van der Waals surface area contributed by atoms with Gasteiger partial charge >= 0.3 is 0 Å². The number of ether oxygens (including phenoxy) is 1. The summed E-state index contributed by atoms with van der Waals surface area (Å²) >= 11 is 11.0. The van der Waals surface area contributed by atoms with Crippen LogP contribution in [0.15, 0.2) is 24.4 Å². The predicted molar refractivity (Wildman–Crippen MR) is 63.0 cm³/mol. The minimum atomic E-state index is 0.580. The SMILES string of the molecule is COc1ccc(-c2c[nH]c(=S)[nH]2)c(Cl)c1. The molecule has 2 rings (SSSR count). The Morgan fingerprint density at radius 3 is 2.73 bits per heavy atom. The molecule has 0 aliphatic heterocycles. The van der Waals surface area contributed by atoms with Crippen molar-refractivity contribution < 1.29 is 4.74 Å². The summed E-state index contributed by atoms with van der Waals surface area (Å²) in [5.74, 6) is 0.734. The molecule has 0 saturated carbocycles. The van der Waals surface area contributed by atoms with E-state index in [0.717, 1.165) is 17.0 Å². The zero-order valence-corrected chi connectivity index (χ0v) is 9.58. The maximum Gasteiger partial charge on any atom is 0.174 e. The van der Waals surface area contributed by atoms with Gasteiger partial charge in [0.1, 0.15) is 5.75 Å². The molecular formula is C10H9ClN2OS. The largest absolute Gasteiger partial charge is 0.497 e. The normalized spacial score (nSPS) is 10.3. The highest BCUT2D eigenvalue weighted by atomic mass is 35.5. The van der Waals surface area contributed by atoms with E-state index in [1.807, 2.05) is 12.1 Å². The van der Waals surface area contributed by atoms with Crippen LogP contribution in [0.25, 0.3) is 11.3 Å². The Kier molecular flexibility index (Phi) is 2.79. The second kappa shape index (κ2) is 4.08. The van der Waals surface area contributed by atoms with Crippen molar-refractivity contribution in [2.75, 3.05) is 7.11 Å². The van der Waals surface area contributed by atoms with Crippen LogP contribution in [0.1, 0.15) is 0 Å². The zero-order valence-electron chi connectivity index (χ0n) is 8.00. The molecule has 3 nitrogen and oxygen atoms in total. The molecule has 0 amide bonds. The second-order valence-electron chi connectivity index (χ2n) is 3.00. The van der Waals surface area contributed by atoms with Crippen LogP contribution in [-0.4, -0.2) is 17.1 Å². The monoisotopic (exact) mass is 240 g/mol. The fourth-order valence-corrected chi connectivity index (χ4v) is 1.76. The minimum absolute atomic E-state index is 0.580. The number of halogens is 1. The van der Waals surface area contributed by atoms with Crippen molar-refractivity contribution in [1.29, 1.82) is 0 Å². The lowest BCUT2D eigenvalue weighted by molar-refractivity contribution is 0.415. The molecule has 1 aromatic carbocycles. The standard InChI is InChI=1S/C10H9ClN2OS/c1-14-6-2-3-7(8(11)4-6)9-5-12-10(15)13-9/h2-5H,1H3,(H2,12,13,15). The van der Waals surface area contributed by atoms with Crippen LogP contribution >= 0.6 is 23.8 Å². The van der Waals surface area contributed by atoms with Crippen molar-refractivity contribution in [3.05, 3.63) is 34.2 Å². The van der Waals surface area contributed by atoms with E-state index in [2.05, 4.69) is 9.97 Å². The predicted octanol–water partition coefficient (Wildman–Crippen LogP) is 3.40. The smallest absolute Gasteiger partial charge is 0.174 e. The van der Waals surface area contributed by atoms with Crippen LogP contribution in [0.4, 0.5) is 0 Å². The Labute approximate surface area is 97.1 Å². The van der Waals surface area contributed by atoms with E-state index >= 15 is 0 Å². The van der Waals surface area contributed by atoms with Crippen molar-refractivity contribution in [1.82, 2.24) is 9.97 Å². The topological polar surface area (TPSA) is 40.8 Å². The molecule has 0 aliphatic rings. The molecule has 1 aromatic heterocycles. The van der Waals surface area contributed by atoms with E-state index in [0.29, 0.717) is 9.79 Å². The lowest BCUT2D eigenvalue weighted by atomic mass is 10.1. The van der Waals surface area contributed by atoms with Crippen molar-refractivity contribution in [2.24, 2.45) is 0 Å². The van der Waals surface area contributed by atoms with Gasteiger partial charge < -0.3 is 14.7 Å². The van der Waals surface area contributed by atoms with Gasteiger partial charge in [-0.15, -0.1) is 0 Å². The average molecular weight is 241 g/mol. The Balaban J connectivity index is 2.49. The van der Waals surface area contributed by atoms with E-state index in [4.69, 9.17) is 28.6 Å². The third-order valence-electron chi connectivity index (χ3n) is 2.06. The van der Waals surface area contributed by atoms with Crippen molar-refractivity contribution in [3.63, 3.8) is 0 Å². The Morgan fingerprint density at radius 1 is 1.40 bits per heavy atom.